The van der Waals surface area contributed by atoms with Gasteiger partial charge in [0.25, 0.3) is 0 Å². The fourth-order valence-electron chi connectivity index (χ4n) is 15.4. The van der Waals surface area contributed by atoms with Crippen molar-refractivity contribution in [2.75, 3.05) is 0 Å². The van der Waals surface area contributed by atoms with E-state index in [-0.39, 0.29) is 54.1 Å². The third-order valence-electron chi connectivity index (χ3n) is 21.3. The van der Waals surface area contributed by atoms with Crippen LogP contribution in [-0.4, -0.2) is 4.89 Å². The lowest BCUT2D eigenvalue weighted by molar-refractivity contribution is 0.387. The summed E-state index contributed by atoms with van der Waals surface area (Å²) in [5.74, 6) is 2.76. The van der Waals surface area contributed by atoms with Gasteiger partial charge in [0, 0.05) is 27.8 Å². The van der Waals surface area contributed by atoms with E-state index in [0.717, 1.165) is 99.5 Å². The summed E-state index contributed by atoms with van der Waals surface area (Å²) in [5.41, 5.74) is 19.3. The summed E-state index contributed by atoms with van der Waals surface area (Å²) in [7, 11) is -9.35. The van der Waals surface area contributed by atoms with E-state index in [4.69, 9.17) is 18.1 Å². The molecule has 0 saturated carbocycles. The monoisotopic (exact) mass is 1510 g/mol. The highest BCUT2D eigenvalue weighted by molar-refractivity contribution is 7.91. The lowest BCUT2D eigenvalue weighted by Crippen LogP contribution is -2.36. The molecule has 6 nitrogen and oxygen atoms in total. The summed E-state index contributed by atoms with van der Waals surface area (Å²) in [6, 6.07) is 56.1. The van der Waals surface area contributed by atoms with Crippen LogP contribution in [0, 0.1) is 34.6 Å². The quantitative estimate of drug-likeness (QED) is 0.103. The molecule has 0 aliphatic rings. The van der Waals surface area contributed by atoms with Gasteiger partial charge in [-0.05, 0) is 246 Å². The van der Waals surface area contributed by atoms with Gasteiger partial charge in [0.1, 0.15) is 38.9 Å². The van der Waals surface area contributed by atoms with Crippen molar-refractivity contribution >= 4 is 50.0 Å². The second kappa shape index (κ2) is 29.7. The molecule has 0 radical (unpaired) electrons. The van der Waals surface area contributed by atoms with Crippen LogP contribution in [0.2, 0.25) is 0 Å². The van der Waals surface area contributed by atoms with Crippen LogP contribution in [0.3, 0.4) is 0 Å². The van der Waals surface area contributed by atoms with Gasteiger partial charge in [0.2, 0.25) is 7.49 Å². The molecular formula is C99H132O6P3+. The minimum Gasteiger partial charge on any atom is -0.435 e. The minimum absolute atomic E-state index is 0.0541. The SMILES string of the molecule is Cc1cc(OP(Oc2cc(C)c(C(C)(C)C)cc2C(C)(C)C)c2ccc(-c3ccc([P+](O)(c4ccc(-c5ccc(P(=O)(Oc6cc(C)c(C(C)(C)C)cc6C(C)(C)C)Oc6cc(C)c(C(C)(C)C)cc6C(C)(C)C)cc5)cc4)c4cc(C)c(C(C)(C)C)cc4C(C)(C)C)cc3)cc2)c(C(C)(C)C)cc1C(C)(C)C. The van der Waals surface area contributed by atoms with Gasteiger partial charge >= 0.3 is 16.0 Å². The van der Waals surface area contributed by atoms with E-state index in [1.165, 1.54) is 38.9 Å². The highest BCUT2D eigenvalue weighted by Crippen LogP contribution is 2.57. The molecule has 0 saturated heterocycles. The fraction of sp³-hybridized carbons (Fsp3) is 0.455. The molecule has 9 heteroatoms. The first kappa shape index (κ1) is 85.2. The second-order valence-corrected chi connectivity index (χ2v) is 47.3. The number of hydrogen-bond acceptors (Lipinski definition) is 6. The van der Waals surface area contributed by atoms with Crippen LogP contribution in [0.15, 0.2) is 158 Å². The second-order valence-electron chi connectivity index (χ2n) is 41.3. The van der Waals surface area contributed by atoms with Crippen LogP contribution in [0.4, 0.5) is 0 Å². The van der Waals surface area contributed by atoms with Crippen LogP contribution in [0.1, 0.15) is 291 Å². The Labute approximate surface area is 656 Å². The lowest BCUT2D eigenvalue weighted by atomic mass is 9.78. The van der Waals surface area contributed by atoms with E-state index in [9.17, 15) is 4.89 Å². The Morgan fingerprint density at radius 2 is 0.500 bits per heavy atom. The van der Waals surface area contributed by atoms with Crippen molar-refractivity contribution in [2.24, 2.45) is 0 Å². The van der Waals surface area contributed by atoms with Crippen LogP contribution in [-0.2, 0) is 58.7 Å². The zero-order valence-corrected chi connectivity index (χ0v) is 75.5. The zero-order valence-electron chi connectivity index (χ0n) is 72.8. The zero-order chi connectivity index (χ0) is 81.0. The van der Waals surface area contributed by atoms with Gasteiger partial charge in [-0.1, -0.05) is 287 Å². The molecule has 9 aromatic carbocycles. The molecule has 0 heterocycles. The summed E-state index contributed by atoms with van der Waals surface area (Å²) >= 11 is 0. The standard InChI is InChI=1S/C99H132O6P3/c1-62-52-85(80(95(21,22)23)57-75(62)90(6,7)8)102-106(103-86-53-63(2)76(91(9,10)11)58-81(86)96(24,25)26)71-44-36-67(37-45-71)68-38-46-72(47-39-68)107(100,89-56-66(5)79(94(18,19)20)61-84(89)99(33,34)35)73-48-40-69(41-49-73)70-42-50-74(51-43-70)108(101,104-87-54-64(3)77(92(12,13)14)59-82(87)97(27,28)29)105-88-55-65(4)78(93(15,16)17)60-83(88)98(30,31)32/h36-61,100H,1-35H3/q+1. The maximum absolute atomic E-state index is 16.5. The molecule has 9 aromatic rings. The normalized spacial score (nSPS) is 13.9. The van der Waals surface area contributed by atoms with Gasteiger partial charge < -0.3 is 18.1 Å². The predicted molar refractivity (Wildman–Crippen MR) is 471 cm³/mol. The molecule has 0 fully saturated rings. The molecule has 1 atom stereocenters. The van der Waals surface area contributed by atoms with Gasteiger partial charge in [-0.15, -0.1) is 0 Å². The van der Waals surface area contributed by atoms with Gasteiger partial charge in [0.05, 0.1) is 10.6 Å². The molecule has 0 spiro atoms. The van der Waals surface area contributed by atoms with E-state index in [0.29, 0.717) is 16.8 Å². The fourth-order valence-corrected chi connectivity index (χ4v) is 21.5. The maximum atomic E-state index is 16.5. The summed E-state index contributed by atoms with van der Waals surface area (Å²) in [4.78, 5) is 14.4. The predicted octanol–water partition coefficient (Wildman–Crippen LogP) is 26.8. The third-order valence-corrected chi connectivity index (χ3v) is 27.7. The van der Waals surface area contributed by atoms with Crippen molar-refractivity contribution in [1.82, 2.24) is 0 Å². The van der Waals surface area contributed by atoms with Gasteiger partial charge in [-0.3, -0.25) is 0 Å². The van der Waals surface area contributed by atoms with E-state index in [1.807, 2.05) is 24.3 Å². The maximum Gasteiger partial charge on any atom is 0.462 e. The van der Waals surface area contributed by atoms with E-state index >= 15 is 4.57 Å². The Balaban J connectivity index is 1.15. The molecular weight excluding hydrogens is 1380 g/mol. The van der Waals surface area contributed by atoms with Gasteiger partial charge in [-0.25, -0.2) is 9.46 Å². The highest BCUT2D eigenvalue weighted by atomic mass is 31.2. The summed E-state index contributed by atoms with van der Waals surface area (Å²) in [5, 5.41) is 4.05. The van der Waals surface area contributed by atoms with Crippen LogP contribution < -0.4 is 44.6 Å². The Kier molecular flexibility index (Phi) is 23.5. The average molecular weight is 1510 g/mol. The molecule has 0 aliphatic carbocycles. The Morgan fingerprint density at radius 3 is 0.769 bits per heavy atom. The van der Waals surface area contributed by atoms with Crippen LogP contribution in [0.5, 0.6) is 23.0 Å². The lowest BCUT2D eigenvalue weighted by Gasteiger charge is -2.32. The van der Waals surface area contributed by atoms with Crippen molar-refractivity contribution < 1.29 is 27.6 Å². The van der Waals surface area contributed by atoms with Crippen molar-refractivity contribution in [3.8, 4) is 45.3 Å². The summed E-state index contributed by atoms with van der Waals surface area (Å²) < 4.78 is 45.5. The first-order valence-electron chi connectivity index (χ1n) is 39.1. The minimum atomic E-state index is -4.22. The van der Waals surface area contributed by atoms with E-state index in [1.54, 1.807) is 0 Å². The van der Waals surface area contributed by atoms with Crippen molar-refractivity contribution in [3.63, 3.8) is 0 Å². The molecule has 578 valence electrons. The number of benzene rings is 9. The largest absolute Gasteiger partial charge is 0.462 e. The molecule has 0 aliphatic heterocycles. The first-order chi connectivity index (χ1) is 49.1. The van der Waals surface area contributed by atoms with E-state index < -0.39 is 23.5 Å². The topological polar surface area (TPSA) is 74.2 Å². The molecule has 0 amide bonds. The molecule has 0 aromatic heterocycles. The Morgan fingerprint density at radius 1 is 0.278 bits per heavy atom. The number of hydrogen-bond donors (Lipinski definition) is 1. The Hall–Kier alpha value is -6.77. The van der Waals surface area contributed by atoms with Crippen molar-refractivity contribution in [1.29, 1.82) is 0 Å². The van der Waals surface area contributed by atoms with Crippen LogP contribution >= 0.6 is 23.5 Å². The summed E-state index contributed by atoms with van der Waals surface area (Å²) in [6.07, 6.45) is 0. The number of rotatable bonds is 15. The molecule has 1 unspecified atom stereocenters. The van der Waals surface area contributed by atoms with Gasteiger partial charge in [0.15, 0.2) is 0 Å². The summed E-state index contributed by atoms with van der Waals surface area (Å²) in [6.45, 7) is 78.1. The molecule has 0 bridgehead atoms. The number of aryl methyl sites for hydroxylation is 5. The average Bonchev–Trinajstić information content (AvgIpc) is 0.733. The van der Waals surface area contributed by atoms with Gasteiger partial charge in [-0.2, -0.15) is 0 Å². The molecule has 9 rings (SSSR count). The smallest absolute Gasteiger partial charge is 0.435 e. The highest BCUT2D eigenvalue weighted by Gasteiger charge is 2.49. The van der Waals surface area contributed by atoms with Crippen LogP contribution in [0.25, 0.3) is 22.3 Å². The molecule has 1 N–H and O–H groups in total. The first-order valence-corrected chi connectivity index (χ1v) is 43.6. The molecule has 108 heavy (non-hydrogen) atoms. The third kappa shape index (κ3) is 18.5. The van der Waals surface area contributed by atoms with Crippen molar-refractivity contribution in [2.45, 2.75) is 296 Å². The van der Waals surface area contributed by atoms with Crippen molar-refractivity contribution in [3.05, 3.63) is 241 Å². The Bertz CT molecular complexity index is 4660. The van der Waals surface area contributed by atoms with E-state index in [2.05, 4.69) is 376 Å².